The van der Waals surface area contributed by atoms with Gasteiger partial charge in [0.15, 0.2) is 0 Å². The molecule has 0 aliphatic rings. The summed E-state index contributed by atoms with van der Waals surface area (Å²) < 4.78 is 0. The van der Waals surface area contributed by atoms with Crippen molar-refractivity contribution in [3.05, 3.63) is 0 Å². The maximum Gasteiger partial charge on any atom is 0.300 e. The van der Waals surface area contributed by atoms with Gasteiger partial charge in [0, 0.05) is 12.5 Å². The zero-order valence-electron chi connectivity index (χ0n) is 12.3. The lowest BCUT2D eigenvalue weighted by Crippen LogP contribution is -2.39. The molecule has 1 unspecified atom stereocenters. The molecule has 1 atom stereocenters. The van der Waals surface area contributed by atoms with Gasteiger partial charge < -0.3 is 10.8 Å². The van der Waals surface area contributed by atoms with Gasteiger partial charge in [-0.3, -0.25) is 4.79 Å². The first-order valence-corrected chi connectivity index (χ1v) is 6.70. The molecule has 0 aliphatic heterocycles. The zero-order chi connectivity index (χ0) is 13.9. The molecule has 104 valence electrons. The van der Waals surface area contributed by atoms with Crippen LogP contribution < -0.4 is 5.73 Å². The molecule has 0 aromatic carbocycles. The molecular weight excluding hydrogens is 214 g/mol. The summed E-state index contributed by atoms with van der Waals surface area (Å²) in [5.41, 5.74) is 6.02. The number of rotatable bonds is 7. The fraction of sp³-hybridized carbons (Fsp3) is 0.929. The number of unbranched alkanes of at least 4 members (excludes halogenated alkanes) is 4. The van der Waals surface area contributed by atoms with Crippen LogP contribution in [-0.4, -0.2) is 16.6 Å². The first-order valence-electron chi connectivity index (χ1n) is 6.70. The maximum absolute atomic E-state index is 9.00. The highest BCUT2D eigenvalue weighted by Crippen LogP contribution is 2.20. The Kier molecular flexibility index (Phi) is 11.7. The van der Waals surface area contributed by atoms with Crippen LogP contribution >= 0.6 is 0 Å². The number of hydrogen-bond donors (Lipinski definition) is 2. The van der Waals surface area contributed by atoms with Crippen molar-refractivity contribution in [3.8, 4) is 0 Å². The van der Waals surface area contributed by atoms with Gasteiger partial charge in [-0.2, -0.15) is 0 Å². The summed E-state index contributed by atoms with van der Waals surface area (Å²) in [5.74, 6) is -0.186. The standard InChI is InChI=1S/C12H27N.C2H4O2/c1-5-6-7-8-9-10-11(2)12(3,4)13;1-2(3)4/h11H,5-10,13H2,1-4H3;1H3,(H,3,4). The second kappa shape index (κ2) is 10.6. The third kappa shape index (κ3) is 18.0. The summed E-state index contributed by atoms with van der Waals surface area (Å²) in [7, 11) is 0. The lowest BCUT2D eigenvalue weighted by Gasteiger charge is -2.27. The molecule has 3 N–H and O–H groups in total. The van der Waals surface area contributed by atoms with E-state index in [1.54, 1.807) is 0 Å². The van der Waals surface area contributed by atoms with Gasteiger partial charge in [-0.1, -0.05) is 46.0 Å². The molecule has 0 fully saturated rings. The van der Waals surface area contributed by atoms with Gasteiger partial charge in [0.2, 0.25) is 0 Å². The van der Waals surface area contributed by atoms with E-state index in [4.69, 9.17) is 15.6 Å². The first-order chi connectivity index (χ1) is 7.71. The van der Waals surface area contributed by atoms with Crippen molar-refractivity contribution < 1.29 is 9.90 Å². The van der Waals surface area contributed by atoms with Crippen LogP contribution in [0.15, 0.2) is 0 Å². The van der Waals surface area contributed by atoms with Crippen LogP contribution in [0.2, 0.25) is 0 Å². The zero-order valence-corrected chi connectivity index (χ0v) is 12.3. The third-order valence-electron chi connectivity index (χ3n) is 3.01. The van der Waals surface area contributed by atoms with Crippen molar-refractivity contribution >= 4 is 5.97 Å². The van der Waals surface area contributed by atoms with Crippen molar-refractivity contribution in [2.24, 2.45) is 11.7 Å². The summed E-state index contributed by atoms with van der Waals surface area (Å²) in [4.78, 5) is 9.00. The Morgan fingerprint density at radius 1 is 1.24 bits per heavy atom. The fourth-order valence-electron chi connectivity index (χ4n) is 1.43. The lowest BCUT2D eigenvalue weighted by atomic mass is 9.86. The first kappa shape index (κ1) is 18.8. The van der Waals surface area contributed by atoms with Crippen molar-refractivity contribution in [2.45, 2.75) is 78.7 Å². The van der Waals surface area contributed by atoms with Crippen molar-refractivity contribution in [2.75, 3.05) is 0 Å². The van der Waals surface area contributed by atoms with E-state index in [1.807, 2.05) is 0 Å². The Balaban J connectivity index is 0. The van der Waals surface area contributed by atoms with Gasteiger partial charge in [0.1, 0.15) is 0 Å². The average Bonchev–Trinajstić information content (AvgIpc) is 2.14. The molecule has 0 saturated carbocycles. The molecule has 3 heteroatoms. The van der Waals surface area contributed by atoms with E-state index in [0.29, 0.717) is 5.92 Å². The van der Waals surface area contributed by atoms with Crippen molar-refractivity contribution in [3.63, 3.8) is 0 Å². The second-order valence-electron chi connectivity index (χ2n) is 5.44. The molecule has 0 aliphatic carbocycles. The summed E-state index contributed by atoms with van der Waals surface area (Å²) in [5, 5.41) is 7.42. The minimum atomic E-state index is -0.833. The van der Waals surface area contributed by atoms with Gasteiger partial charge in [-0.25, -0.2) is 0 Å². The monoisotopic (exact) mass is 245 g/mol. The van der Waals surface area contributed by atoms with Gasteiger partial charge in [0.05, 0.1) is 0 Å². The molecule has 0 spiro atoms. The largest absolute Gasteiger partial charge is 0.481 e. The van der Waals surface area contributed by atoms with Crippen LogP contribution in [0.3, 0.4) is 0 Å². The Bertz CT molecular complexity index is 181. The quantitative estimate of drug-likeness (QED) is 0.670. The van der Waals surface area contributed by atoms with E-state index in [0.717, 1.165) is 6.92 Å². The minimum absolute atomic E-state index is 0.00472. The van der Waals surface area contributed by atoms with E-state index in [-0.39, 0.29) is 5.54 Å². The number of aliphatic carboxylic acids is 1. The number of hydrogen-bond acceptors (Lipinski definition) is 2. The molecule has 0 saturated heterocycles. The van der Waals surface area contributed by atoms with Crippen LogP contribution in [-0.2, 0) is 4.79 Å². The van der Waals surface area contributed by atoms with Crippen LogP contribution in [0.4, 0.5) is 0 Å². The highest BCUT2D eigenvalue weighted by Gasteiger charge is 2.19. The highest BCUT2D eigenvalue weighted by molar-refractivity contribution is 5.62. The second-order valence-corrected chi connectivity index (χ2v) is 5.44. The van der Waals surface area contributed by atoms with E-state index >= 15 is 0 Å². The number of carbonyl (C=O) groups is 1. The smallest absolute Gasteiger partial charge is 0.300 e. The molecule has 0 aromatic heterocycles. The molecule has 3 nitrogen and oxygen atoms in total. The molecule has 0 aromatic rings. The minimum Gasteiger partial charge on any atom is -0.481 e. The molecule has 0 radical (unpaired) electrons. The van der Waals surface area contributed by atoms with Gasteiger partial charge >= 0.3 is 0 Å². The highest BCUT2D eigenvalue weighted by atomic mass is 16.4. The molecule has 0 amide bonds. The number of carboxylic acid groups (broad SMARTS) is 1. The van der Waals surface area contributed by atoms with E-state index in [2.05, 4.69) is 27.7 Å². The van der Waals surface area contributed by atoms with Gasteiger partial charge in [0.25, 0.3) is 5.97 Å². The van der Waals surface area contributed by atoms with E-state index < -0.39 is 5.97 Å². The molecule has 17 heavy (non-hydrogen) atoms. The Morgan fingerprint density at radius 3 is 2.00 bits per heavy atom. The molecule has 0 rings (SSSR count). The van der Waals surface area contributed by atoms with Gasteiger partial charge in [-0.15, -0.1) is 0 Å². The number of carboxylic acids is 1. The average molecular weight is 245 g/mol. The summed E-state index contributed by atoms with van der Waals surface area (Å²) >= 11 is 0. The topological polar surface area (TPSA) is 63.3 Å². The Labute approximate surface area is 107 Å². The lowest BCUT2D eigenvalue weighted by molar-refractivity contribution is -0.134. The van der Waals surface area contributed by atoms with Gasteiger partial charge in [-0.05, 0) is 26.2 Å². The van der Waals surface area contributed by atoms with Crippen LogP contribution in [0.1, 0.15) is 73.1 Å². The summed E-state index contributed by atoms with van der Waals surface area (Å²) in [6.45, 7) is 9.86. The predicted molar refractivity (Wildman–Crippen MR) is 74.1 cm³/mol. The fourth-order valence-corrected chi connectivity index (χ4v) is 1.43. The van der Waals surface area contributed by atoms with E-state index in [9.17, 15) is 0 Å². The van der Waals surface area contributed by atoms with Crippen LogP contribution in [0, 0.1) is 5.92 Å². The maximum atomic E-state index is 9.00. The Hall–Kier alpha value is -0.570. The molecular formula is C14H31NO2. The molecule has 0 heterocycles. The van der Waals surface area contributed by atoms with E-state index in [1.165, 1.54) is 38.5 Å². The molecule has 0 bridgehead atoms. The van der Waals surface area contributed by atoms with Crippen LogP contribution in [0.5, 0.6) is 0 Å². The van der Waals surface area contributed by atoms with Crippen molar-refractivity contribution in [1.29, 1.82) is 0 Å². The van der Waals surface area contributed by atoms with Crippen LogP contribution in [0.25, 0.3) is 0 Å². The van der Waals surface area contributed by atoms with Crippen molar-refractivity contribution in [1.82, 2.24) is 0 Å². The Morgan fingerprint density at radius 2 is 1.65 bits per heavy atom. The third-order valence-corrected chi connectivity index (χ3v) is 3.01. The summed E-state index contributed by atoms with van der Waals surface area (Å²) in [6.07, 6.45) is 8.13. The summed E-state index contributed by atoms with van der Waals surface area (Å²) in [6, 6.07) is 0. The number of nitrogens with two attached hydrogens (primary N) is 1. The SMILES string of the molecule is CC(=O)O.CCCCCCCC(C)C(C)(C)N. The normalized spacial score (nSPS) is 12.6. The predicted octanol–water partition coefficient (Wildman–Crippen LogP) is 3.81.